The van der Waals surface area contributed by atoms with Gasteiger partial charge in [-0.1, -0.05) is 0 Å². The van der Waals surface area contributed by atoms with Gasteiger partial charge in [0, 0.05) is 39.0 Å². The molecule has 0 aromatic heterocycles. The van der Waals surface area contributed by atoms with E-state index in [9.17, 15) is 9.59 Å². The summed E-state index contributed by atoms with van der Waals surface area (Å²) in [6.07, 6.45) is 1.21. The van der Waals surface area contributed by atoms with Crippen LogP contribution in [0.25, 0.3) is 0 Å². The van der Waals surface area contributed by atoms with Crippen LogP contribution in [0.3, 0.4) is 0 Å². The van der Waals surface area contributed by atoms with Gasteiger partial charge in [0.2, 0.25) is 5.91 Å². The Labute approximate surface area is 91.2 Å². The summed E-state index contributed by atoms with van der Waals surface area (Å²) in [4.78, 5) is 26.7. The van der Waals surface area contributed by atoms with E-state index in [0.717, 1.165) is 26.2 Å². The molecule has 0 aromatic carbocycles. The zero-order valence-electron chi connectivity index (χ0n) is 9.66. The number of likely N-dealkylation sites (tertiary alicyclic amines) is 1. The van der Waals surface area contributed by atoms with Crippen LogP contribution in [0.2, 0.25) is 0 Å². The predicted molar refractivity (Wildman–Crippen MR) is 58.6 cm³/mol. The first-order valence-corrected chi connectivity index (χ1v) is 5.69. The van der Waals surface area contributed by atoms with Crippen LogP contribution in [0, 0.1) is 0 Å². The molecule has 1 aliphatic rings. The summed E-state index contributed by atoms with van der Waals surface area (Å²) in [6.45, 7) is 7.46. The Bertz CT molecular complexity index is 227. The largest absolute Gasteiger partial charge is 0.342 e. The number of nitrogens with zero attached hydrogens (tertiary/aromatic N) is 2. The molecule has 1 amide bonds. The number of amides is 1. The highest BCUT2D eigenvalue weighted by Crippen LogP contribution is 2.05. The number of piperidine rings is 1. The van der Waals surface area contributed by atoms with Gasteiger partial charge in [-0.15, -0.1) is 0 Å². The second-order valence-electron chi connectivity index (χ2n) is 3.88. The Morgan fingerprint density at radius 1 is 1.27 bits per heavy atom. The molecule has 0 bridgehead atoms. The molecule has 1 heterocycles. The maximum absolute atomic E-state index is 11.8. The van der Waals surface area contributed by atoms with Gasteiger partial charge in [0.1, 0.15) is 5.78 Å². The highest BCUT2D eigenvalue weighted by molar-refractivity contribution is 5.81. The van der Waals surface area contributed by atoms with Crippen molar-refractivity contribution in [2.75, 3.05) is 32.7 Å². The number of hydrogen-bond acceptors (Lipinski definition) is 3. The lowest BCUT2D eigenvalue weighted by atomic mass is 10.1. The van der Waals surface area contributed by atoms with Crippen molar-refractivity contribution in [3.05, 3.63) is 0 Å². The molecule has 0 radical (unpaired) electrons. The van der Waals surface area contributed by atoms with Crippen molar-refractivity contribution >= 4 is 11.7 Å². The standard InChI is InChI=1S/C11H20N2O2/c1-3-13(4-2)11(15)9-12-7-5-10(14)6-8-12/h3-9H2,1-2H3. The molecule has 86 valence electrons. The zero-order valence-corrected chi connectivity index (χ0v) is 9.66. The lowest BCUT2D eigenvalue weighted by Crippen LogP contribution is -2.43. The highest BCUT2D eigenvalue weighted by Gasteiger charge is 2.19. The van der Waals surface area contributed by atoms with Gasteiger partial charge in [0.25, 0.3) is 0 Å². The van der Waals surface area contributed by atoms with Crippen LogP contribution < -0.4 is 0 Å². The van der Waals surface area contributed by atoms with Gasteiger partial charge >= 0.3 is 0 Å². The first-order valence-electron chi connectivity index (χ1n) is 5.69. The van der Waals surface area contributed by atoms with Crippen molar-refractivity contribution in [2.45, 2.75) is 26.7 Å². The fourth-order valence-electron chi connectivity index (χ4n) is 1.83. The Morgan fingerprint density at radius 3 is 2.27 bits per heavy atom. The number of ketones is 1. The van der Waals surface area contributed by atoms with Crippen LogP contribution in [0.1, 0.15) is 26.7 Å². The van der Waals surface area contributed by atoms with Gasteiger partial charge in [-0.3, -0.25) is 14.5 Å². The minimum absolute atomic E-state index is 0.175. The Balaban J connectivity index is 2.34. The van der Waals surface area contributed by atoms with Gasteiger partial charge in [-0.05, 0) is 13.8 Å². The number of Topliss-reactive ketones (excluding diaryl/α,β-unsaturated/α-hetero) is 1. The molecule has 1 saturated heterocycles. The third kappa shape index (κ3) is 3.63. The van der Waals surface area contributed by atoms with Crippen molar-refractivity contribution < 1.29 is 9.59 Å². The van der Waals surface area contributed by atoms with E-state index in [-0.39, 0.29) is 5.91 Å². The van der Waals surface area contributed by atoms with Crippen LogP contribution >= 0.6 is 0 Å². The summed E-state index contributed by atoms with van der Waals surface area (Å²) >= 11 is 0. The third-order valence-corrected chi connectivity index (χ3v) is 2.89. The van der Waals surface area contributed by atoms with Crippen molar-refractivity contribution in [3.8, 4) is 0 Å². The molecular weight excluding hydrogens is 192 g/mol. The van der Waals surface area contributed by atoms with Crippen LogP contribution in [-0.2, 0) is 9.59 Å². The molecule has 0 saturated carbocycles. The lowest BCUT2D eigenvalue weighted by Gasteiger charge is -2.28. The molecule has 0 aliphatic carbocycles. The Morgan fingerprint density at radius 2 is 1.80 bits per heavy atom. The van der Waals surface area contributed by atoms with Crippen molar-refractivity contribution in [2.24, 2.45) is 0 Å². The highest BCUT2D eigenvalue weighted by atomic mass is 16.2. The van der Waals surface area contributed by atoms with Crippen molar-refractivity contribution in [1.82, 2.24) is 9.80 Å². The van der Waals surface area contributed by atoms with Crippen molar-refractivity contribution in [1.29, 1.82) is 0 Å². The van der Waals surface area contributed by atoms with E-state index < -0.39 is 0 Å². The number of carbonyl (C=O) groups is 2. The van der Waals surface area contributed by atoms with Gasteiger partial charge < -0.3 is 4.90 Å². The summed E-state index contributed by atoms with van der Waals surface area (Å²) in [6, 6.07) is 0. The summed E-state index contributed by atoms with van der Waals surface area (Å²) in [5, 5.41) is 0. The van der Waals surface area contributed by atoms with E-state index in [1.165, 1.54) is 0 Å². The van der Waals surface area contributed by atoms with Gasteiger partial charge in [0.05, 0.1) is 6.54 Å². The molecule has 4 heteroatoms. The smallest absolute Gasteiger partial charge is 0.236 e. The fourth-order valence-corrected chi connectivity index (χ4v) is 1.83. The predicted octanol–water partition coefficient (Wildman–Crippen LogP) is 0.520. The van der Waals surface area contributed by atoms with Crippen LogP contribution in [0.5, 0.6) is 0 Å². The Hall–Kier alpha value is -0.900. The van der Waals surface area contributed by atoms with Gasteiger partial charge in [-0.2, -0.15) is 0 Å². The van der Waals surface area contributed by atoms with Crippen LogP contribution in [-0.4, -0.2) is 54.2 Å². The SMILES string of the molecule is CCN(CC)C(=O)CN1CCC(=O)CC1. The molecule has 0 atom stereocenters. The minimum atomic E-state index is 0.175. The van der Waals surface area contributed by atoms with E-state index in [4.69, 9.17) is 0 Å². The van der Waals surface area contributed by atoms with Crippen LogP contribution in [0.4, 0.5) is 0 Å². The molecule has 0 unspecified atom stereocenters. The molecule has 0 N–H and O–H groups in total. The molecule has 0 spiro atoms. The quantitative estimate of drug-likeness (QED) is 0.682. The summed E-state index contributed by atoms with van der Waals surface area (Å²) in [5.41, 5.74) is 0. The topological polar surface area (TPSA) is 40.6 Å². The van der Waals surface area contributed by atoms with E-state index in [0.29, 0.717) is 25.2 Å². The first-order chi connectivity index (χ1) is 7.17. The lowest BCUT2D eigenvalue weighted by molar-refractivity contribution is -0.133. The maximum atomic E-state index is 11.8. The molecule has 4 nitrogen and oxygen atoms in total. The van der Waals surface area contributed by atoms with Gasteiger partial charge in [0.15, 0.2) is 0 Å². The molecule has 1 aliphatic heterocycles. The Kier molecular flexibility index (Phi) is 4.75. The normalized spacial score (nSPS) is 17.9. The monoisotopic (exact) mass is 212 g/mol. The summed E-state index contributed by atoms with van der Waals surface area (Å²) < 4.78 is 0. The number of rotatable bonds is 4. The number of hydrogen-bond donors (Lipinski definition) is 0. The fraction of sp³-hybridized carbons (Fsp3) is 0.818. The van der Waals surface area contributed by atoms with E-state index in [1.807, 2.05) is 18.7 Å². The van der Waals surface area contributed by atoms with Crippen LogP contribution in [0.15, 0.2) is 0 Å². The summed E-state index contributed by atoms with van der Waals surface area (Å²) in [5.74, 6) is 0.496. The van der Waals surface area contributed by atoms with E-state index in [1.54, 1.807) is 0 Å². The molecule has 15 heavy (non-hydrogen) atoms. The number of likely N-dealkylation sites (N-methyl/N-ethyl adjacent to an activating group) is 1. The van der Waals surface area contributed by atoms with Gasteiger partial charge in [-0.25, -0.2) is 0 Å². The molecular formula is C11H20N2O2. The molecule has 1 rings (SSSR count). The third-order valence-electron chi connectivity index (χ3n) is 2.89. The second kappa shape index (κ2) is 5.85. The molecule has 0 aromatic rings. The number of carbonyl (C=O) groups excluding carboxylic acids is 2. The first kappa shape index (κ1) is 12.2. The van der Waals surface area contributed by atoms with Crippen molar-refractivity contribution in [3.63, 3.8) is 0 Å². The van der Waals surface area contributed by atoms with E-state index >= 15 is 0 Å². The maximum Gasteiger partial charge on any atom is 0.236 e. The van der Waals surface area contributed by atoms with E-state index in [2.05, 4.69) is 4.90 Å². The minimum Gasteiger partial charge on any atom is -0.342 e. The average molecular weight is 212 g/mol. The average Bonchev–Trinajstić information content (AvgIpc) is 2.23. The second-order valence-corrected chi connectivity index (χ2v) is 3.88. The zero-order chi connectivity index (χ0) is 11.3. The molecule has 1 fully saturated rings. The summed E-state index contributed by atoms with van der Waals surface area (Å²) in [7, 11) is 0.